The summed E-state index contributed by atoms with van der Waals surface area (Å²) in [5, 5.41) is 3.21. The minimum absolute atomic E-state index is 0.102. The number of carbonyl (C=O) groups excluding carboxylic acids is 2. The zero-order valence-electron chi connectivity index (χ0n) is 10.9. The molecule has 5 heteroatoms. The van der Waals surface area contributed by atoms with Gasteiger partial charge in [0.05, 0.1) is 10.9 Å². The van der Waals surface area contributed by atoms with Crippen LogP contribution in [-0.2, 0) is 17.6 Å². The van der Waals surface area contributed by atoms with E-state index in [4.69, 9.17) is 0 Å². The van der Waals surface area contributed by atoms with Crippen molar-refractivity contribution in [1.29, 1.82) is 0 Å². The van der Waals surface area contributed by atoms with E-state index in [1.807, 2.05) is 4.90 Å². The summed E-state index contributed by atoms with van der Waals surface area (Å²) >= 11 is 1.61. The molecule has 1 radical (unpaired) electrons. The molecule has 0 unspecified atom stereocenters. The first-order valence-corrected chi connectivity index (χ1v) is 7.62. The van der Waals surface area contributed by atoms with Crippen molar-refractivity contribution in [1.82, 2.24) is 9.80 Å². The lowest BCUT2D eigenvalue weighted by Crippen LogP contribution is -2.48. The number of amides is 2. The van der Waals surface area contributed by atoms with Gasteiger partial charge in [-0.1, -0.05) is 0 Å². The largest absolute Gasteiger partial charge is 0.342 e. The second-order valence-electron chi connectivity index (χ2n) is 5.12. The van der Waals surface area contributed by atoms with Gasteiger partial charge in [0, 0.05) is 31.1 Å². The van der Waals surface area contributed by atoms with Gasteiger partial charge in [-0.25, -0.2) is 0 Å². The Labute approximate surface area is 117 Å². The van der Waals surface area contributed by atoms with E-state index in [0.29, 0.717) is 26.2 Å². The average molecular weight is 277 g/mol. The molecule has 0 aromatic carbocycles. The summed E-state index contributed by atoms with van der Waals surface area (Å²) in [6.07, 6.45) is 5.39. The second kappa shape index (κ2) is 5.33. The Balaban J connectivity index is 1.74. The molecule has 3 rings (SSSR count). The fraction of sp³-hybridized carbons (Fsp3) is 0.571. The summed E-state index contributed by atoms with van der Waals surface area (Å²) in [7, 11) is 0. The lowest BCUT2D eigenvalue weighted by atomic mass is 9.95. The molecule has 0 saturated carbocycles. The van der Waals surface area contributed by atoms with Crippen LogP contribution >= 0.6 is 11.3 Å². The molecule has 1 aromatic rings. The van der Waals surface area contributed by atoms with E-state index in [1.165, 1.54) is 23.3 Å². The van der Waals surface area contributed by atoms with Crippen molar-refractivity contribution in [2.24, 2.45) is 0 Å². The summed E-state index contributed by atoms with van der Waals surface area (Å²) < 4.78 is 0. The molecule has 0 atom stereocenters. The van der Waals surface area contributed by atoms with E-state index in [9.17, 15) is 9.59 Å². The van der Waals surface area contributed by atoms with Crippen molar-refractivity contribution in [2.75, 3.05) is 26.2 Å². The van der Waals surface area contributed by atoms with Gasteiger partial charge in [0.1, 0.15) is 0 Å². The highest BCUT2D eigenvalue weighted by atomic mass is 32.1. The molecule has 4 nitrogen and oxygen atoms in total. The van der Waals surface area contributed by atoms with Crippen LogP contribution in [0.1, 0.15) is 33.6 Å². The Kier molecular flexibility index (Phi) is 3.55. The standard InChI is InChI=1S/C14H17N2O2S/c17-10-15-5-7-16(8-6-15)14(18)12-9-19-13-4-2-1-3-11(12)13/h10H,1-8H2. The van der Waals surface area contributed by atoms with Crippen LogP contribution in [-0.4, -0.2) is 48.3 Å². The molecule has 2 amide bonds. The van der Waals surface area contributed by atoms with E-state index >= 15 is 0 Å². The van der Waals surface area contributed by atoms with E-state index in [0.717, 1.165) is 24.8 Å². The number of hydrogen-bond acceptors (Lipinski definition) is 3. The average Bonchev–Trinajstić information content (AvgIpc) is 2.90. The summed E-state index contributed by atoms with van der Waals surface area (Å²) in [5.41, 5.74) is 2.03. The van der Waals surface area contributed by atoms with Gasteiger partial charge in [0.2, 0.25) is 6.41 Å². The predicted molar refractivity (Wildman–Crippen MR) is 73.3 cm³/mol. The highest BCUT2D eigenvalue weighted by Gasteiger charge is 2.26. The molecule has 1 aromatic heterocycles. The summed E-state index contributed by atoms with van der Waals surface area (Å²) in [5.74, 6) is 0.102. The third-order valence-corrected chi connectivity index (χ3v) is 4.96. The van der Waals surface area contributed by atoms with Gasteiger partial charge >= 0.3 is 0 Å². The minimum Gasteiger partial charge on any atom is -0.342 e. The van der Waals surface area contributed by atoms with E-state index < -0.39 is 0 Å². The first kappa shape index (κ1) is 12.7. The van der Waals surface area contributed by atoms with Crippen LogP contribution in [0, 0.1) is 5.38 Å². The van der Waals surface area contributed by atoms with Crippen LogP contribution in [0.5, 0.6) is 0 Å². The van der Waals surface area contributed by atoms with E-state index in [1.54, 1.807) is 16.2 Å². The highest BCUT2D eigenvalue weighted by molar-refractivity contribution is 7.10. The van der Waals surface area contributed by atoms with Crippen LogP contribution in [0.15, 0.2) is 0 Å². The number of thiophene rings is 1. The van der Waals surface area contributed by atoms with Crippen LogP contribution in [0.3, 0.4) is 0 Å². The molecular formula is C14H17N2O2S. The molecule has 2 heterocycles. The van der Waals surface area contributed by atoms with Gasteiger partial charge in [-0.05, 0) is 31.2 Å². The van der Waals surface area contributed by atoms with Crippen molar-refractivity contribution in [2.45, 2.75) is 25.7 Å². The number of piperazine rings is 1. The van der Waals surface area contributed by atoms with Gasteiger partial charge < -0.3 is 9.80 Å². The molecule has 19 heavy (non-hydrogen) atoms. The third kappa shape index (κ3) is 2.39. The topological polar surface area (TPSA) is 40.6 Å². The smallest absolute Gasteiger partial charge is 0.255 e. The van der Waals surface area contributed by atoms with Crippen LogP contribution in [0.2, 0.25) is 0 Å². The third-order valence-electron chi connectivity index (χ3n) is 3.96. The zero-order chi connectivity index (χ0) is 13.2. The lowest BCUT2D eigenvalue weighted by molar-refractivity contribution is -0.119. The number of fused-ring (bicyclic) bond motifs is 1. The zero-order valence-corrected chi connectivity index (χ0v) is 11.7. The SMILES string of the molecule is O=CN1CCN(C(=O)c2[c]sc3c2CCCC3)CC1. The lowest BCUT2D eigenvalue weighted by Gasteiger charge is -2.32. The Morgan fingerprint density at radius 3 is 2.63 bits per heavy atom. The Hall–Kier alpha value is -1.36. The maximum absolute atomic E-state index is 12.5. The number of aryl methyl sites for hydroxylation is 1. The van der Waals surface area contributed by atoms with Gasteiger partial charge in [-0.15, -0.1) is 11.3 Å². The summed E-state index contributed by atoms with van der Waals surface area (Å²) in [6.45, 7) is 2.55. The monoisotopic (exact) mass is 277 g/mol. The highest BCUT2D eigenvalue weighted by Crippen LogP contribution is 2.30. The van der Waals surface area contributed by atoms with E-state index in [-0.39, 0.29) is 5.91 Å². The fourth-order valence-electron chi connectivity index (χ4n) is 2.79. The number of carbonyl (C=O) groups is 2. The van der Waals surface area contributed by atoms with Gasteiger partial charge in [0.25, 0.3) is 5.91 Å². The second-order valence-corrected chi connectivity index (χ2v) is 6.02. The Morgan fingerprint density at radius 2 is 1.89 bits per heavy atom. The number of rotatable bonds is 2. The van der Waals surface area contributed by atoms with Crippen LogP contribution in [0.4, 0.5) is 0 Å². The molecule has 1 saturated heterocycles. The van der Waals surface area contributed by atoms with Crippen molar-refractivity contribution in [3.63, 3.8) is 0 Å². The minimum atomic E-state index is 0.102. The predicted octanol–water partition coefficient (Wildman–Crippen LogP) is 1.34. The van der Waals surface area contributed by atoms with Crippen molar-refractivity contribution < 1.29 is 9.59 Å². The molecule has 0 bridgehead atoms. The molecule has 1 fully saturated rings. The number of hydrogen-bond donors (Lipinski definition) is 0. The molecule has 1 aliphatic carbocycles. The molecule has 2 aliphatic rings. The Morgan fingerprint density at radius 1 is 1.16 bits per heavy atom. The number of nitrogens with zero attached hydrogens (tertiary/aromatic N) is 2. The first-order valence-electron chi connectivity index (χ1n) is 6.80. The van der Waals surface area contributed by atoms with Crippen LogP contribution < -0.4 is 0 Å². The quantitative estimate of drug-likeness (QED) is 0.766. The molecular weight excluding hydrogens is 260 g/mol. The molecule has 0 spiro atoms. The van der Waals surface area contributed by atoms with Gasteiger partial charge in [-0.3, -0.25) is 9.59 Å². The maximum atomic E-state index is 12.5. The summed E-state index contributed by atoms with van der Waals surface area (Å²) in [4.78, 5) is 28.1. The Bertz CT molecular complexity index is 490. The maximum Gasteiger partial charge on any atom is 0.255 e. The summed E-state index contributed by atoms with van der Waals surface area (Å²) in [6, 6.07) is 0. The van der Waals surface area contributed by atoms with Crippen molar-refractivity contribution >= 4 is 23.7 Å². The molecule has 0 N–H and O–H groups in total. The van der Waals surface area contributed by atoms with Crippen LogP contribution in [0.25, 0.3) is 0 Å². The van der Waals surface area contributed by atoms with Gasteiger partial charge in [-0.2, -0.15) is 0 Å². The van der Waals surface area contributed by atoms with Crippen molar-refractivity contribution in [3.8, 4) is 0 Å². The molecule has 1 aliphatic heterocycles. The van der Waals surface area contributed by atoms with Gasteiger partial charge in [0.15, 0.2) is 0 Å². The van der Waals surface area contributed by atoms with Crippen molar-refractivity contribution in [3.05, 3.63) is 21.4 Å². The normalized spacial score (nSPS) is 19.2. The first-order chi connectivity index (χ1) is 9.29. The molecule has 101 valence electrons. The fourth-order valence-corrected chi connectivity index (χ4v) is 3.80. The van der Waals surface area contributed by atoms with E-state index in [2.05, 4.69) is 5.38 Å².